The number of carbonyl (C=O) groups excluding carboxylic acids is 1. The van der Waals surface area contributed by atoms with Gasteiger partial charge in [-0.3, -0.25) is 4.79 Å². The van der Waals surface area contributed by atoms with Crippen molar-refractivity contribution in [2.45, 2.75) is 12.5 Å². The maximum atomic E-state index is 14.5. The van der Waals surface area contributed by atoms with Gasteiger partial charge in [0, 0.05) is 16.5 Å². The van der Waals surface area contributed by atoms with Crippen molar-refractivity contribution in [3.8, 4) is 0 Å². The fourth-order valence-electron chi connectivity index (χ4n) is 3.25. The first-order chi connectivity index (χ1) is 13.1. The molecule has 0 aliphatic carbocycles. The maximum Gasteiger partial charge on any atom is 0.275 e. The Labute approximate surface area is 165 Å². The van der Waals surface area contributed by atoms with Gasteiger partial charge in [-0.1, -0.05) is 60.7 Å². The molecule has 0 spiro atoms. The van der Waals surface area contributed by atoms with E-state index in [9.17, 15) is 9.18 Å². The van der Waals surface area contributed by atoms with Crippen LogP contribution in [0.25, 0.3) is 0 Å². The second-order valence-corrected chi connectivity index (χ2v) is 7.14. The van der Waals surface area contributed by atoms with Gasteiger partial charge in [0.05, 0.1) is 17.3 Å². The van der Waals surface area contributed by atoms with E-state index in [2.05, 4.69) is 21.0 Å². The molecule has 0 unspecified atom stereocenters. The van der Waals surface area contributed by atoms with Crippen LogP contribution >= 0.6 is 15.9 Å². The molecule has 134 valence electrons. The fourth-order valence-corrected chi connectivity index (χ4v) is 3.70. The fraction of sp³-hybridized carbons (Fsp3) is 0.0909. The van der Waals surface area contributed by atoms with Crippen LogP contribution in [0.1, 0.15) is 33.9 Å². The minimum atomic E-state index is -0.485. The van der Waals surface area contributed by atoms with Gasteiger partial charge in [0.15, 0.2) is 0 Å². The van der Waals surface area contributed by atoms with Crippen molar-refractivity contribution in [2.75, 3.05) is 0 Å². The van der Waals surface area contributed by atoms with E-state index in [1.165, 1.54) is 11.1 Å². The van der Waals surface area contributed by atoms with Crippen LogP contribution in [-0.4, -0.2) is 16.6 Å². The number of carbonyl (C=O) groups is 1. The number of benzene rings is 3. The molecule has 3 nitrogen and oxygen atoms in total. The molecular formula is C22H16BrFN2O. The molecule has 1 heterocycles. The van der Waals surface area contributed by atoms with Crippen LogP contribution in [0.2, 0.25) is 0 Å². The summed E-state index contributed by atoms with van der Waals surface area (Å²) < 4.78 is 15.2. The maximum absolute atomic E-state index is 14.5. The Bertz CT molecular complexity index is 1020. The predicted octanol–water partition coefficient (Wildman–Crippen LogP) is 5.58. The first kappa shape index (κ1) is 17.6. The molecular weight excluding hydrogens is 407 g/mol. The molecule has 27 heavy (non-hydrogen) atoms. The number of rotatable bonds is 3. The molecule has 0 bridgehead atoms. The van der Waals surface area contributed by atoms with Crippen LogP contribution in [0, 0.1) is 5.82 Å². The highest BCUT2D eigenvalue weighted by Gasteiger charge is 2.35. The second-order valence-electron chi connectivity index (χ2n) is 6.28. The smallest absolute Gasteiger partial charge is 0.267 e. The van der Waals surface area contributed by atoms with E-state index in [1.807, 2.05) is 42.5 Å². The van der Waals surface area contributed by atoms with Crippen molar-refractivity contribution in [3.63, 3.8) is 0 Å². The molecule has 1 aliphatic rings. The molecule has 1 amide bonds. The average molecular weight is 423 g/mol. The Morgan fingerprint density at radius 1 is 0.963 bits per heavy atom. The van der Waals surface area contributed by atoms with E-state index in [0.717, 1.165) is 11.3 Å². The first-order valence-electron chi connectivity index (χ1n) is 8.60. The molecule has 0 saturated carbocycles. The number of nitrogens with zero attached hydrogens (tertiary/aromatic N) is 2. The van der Waals surface area contributed by atoms with Crippen LogP contribution in [-0.2, 0) is 0 Å². The molecule has 0 N–H and O–H groups in total. The highest BCUT2D eigenvalue weighted by atomic mass is 79.9. The van der Waals surface area contributed by atoms with Crippen molar-refractivity contribution < 1.29 is 9.18 Å². The largest absolute Gasteiger partial charge is 0.275 e. The van der Waals surface area contributed by atoms with Gasteiger partial charge in [0.1, 0.15) is 5.82 Å². The zero-order valence-electron chi connectivity index (χ0n) is 14.3. The molecule has 1 atom stereocenters. The Morgan fingerprint density at radius 2 is 1.63 bits per heavy atom. The van der Waals surface area contributed by atoms with Gasteiger partial charge in [-0.2, -0.15) is 5.10 Å². The summed E-state index contributed by atoms with van der Waals surface area (Å²) in [5.41, 5.74) is 2.66. The number of hydrogen-bond donors (Lipinski definition) is 0. The van der Waals surface area contributed by atoms with Crippen LogP contribution in [0.4, 0.5) is 4.39 Å². The number of hydrogen-bond acceptors (Lipinski definition) is 2. The SMILES string of the molecule is O=C(c1ccccc1Br)N1N=C(c2ccccc2)C[C@H]1c1ccccc1F. The van der Waals surface area contributed by atoms with Gasteiger partial charge in [-0.15, -0.1) is 0 Å². The summed E-state index contributed by atoms with van der Waals surface area (Å²) in [5.74, 6) is -0.599. The number of halogens is 2. The molecule has 0 saturated heterocycles. The molecule has 3 aromatic carbocycles. The quantitative estimate of drug-likeness (QED) is 0.542. The van der Waals surface area contributed by atoms with E-state index in [4.69, 9.17) is 0 Å². The van der Waals surface area contributed by atoms with Crippen molar-refractivity contribution in [1.29, 1.82) is 0 Å². The van der Waals surface area contributed by atoms with Crippen LogP contribution < -0.4 is 0 Å². The lowest BCUT2D eigenvalue weighted by atomic mass is 9.97. The third-order valence-electron chi connectivity index (χ3n) is 4.59. The molecule has 0 aromatic heterocycles. The number of amides is 1. The lowest BCUT2D eigenvalue weighted by Gasteiger charge is -2.23. The topological polar surface area (TPSA) is 32.7 Å². The standard InChI is InChI=1S/C22H16BrFN2O/c23-18-12-6-4-10-16(18)22(27)26-21(17-11-5-7-13-19(17)24)14-20(25-26)15-8-2-1-3-9-15/h1-13,21H,14H2/t21-/m0/s1. The summed E-state index contributed by atoms with van der Waals surface area (Å²) in [5, 5.41) is 5.99. The van der Waals surface area contributed by atoms with Crippen molar-refractivity contribution in [3.05, 3.63) is 106 Å². The monoisotopic (exact) mass is 422 g/mol. The first-order valence-corrected chi connectivity index (χ1v) is 9.40. The number of hydrazone groups is 1. The van der Waals surface area contributed by atoms with Crippen molar-refractivity contribution in [1.82, 2.24) is 5.01 Å². The minimum Gasteiger partial charge on any atom is -0.267 e. The predicted molar refractivity (Wildman–Crippen MR) is 107 cm³/mol. The summed E-state index contributed by atoms with van der Waals surface area (Å²) in [6, 6.07) is 22.9. The molecule has 0 fully saturated rings. The third kappa shape index (κ3) is 3.43. The zero-order chi connectivity index (χ0) is 18.8. The lowest BCUT2D eigenvalue weighted by Crippen LogP contribution is -2.28. The van der Waals surface area contributed by atoms with Crippen LogP contribution in [0.3, 0.4) is 0 Å². The summed E-state index contributed by atoms with van der Waals surface area (Å²) in [7, 11) is 0. The van der Waals surface area contributed by atoms with Gasteiger partial charge in [-0.25, -0.2) is 9.40 Å². The van der Waals surface area contributed by atoms with Crippen LogP contribution in [0.15, 0.2) is 88.4 Å². The normalized spacial score (nSPS) is 16.3. The van der Waals surface area contributed by atoms with Crippen molar-refractivity contribution in [2.24, 2.45) is 5.10 Å². The highest BCUT2D eigenvalue weighted by molar-refractivity contribution is 9.10. The Kier molecular flexibility index (Phi) is 4.86. The highest BCUT2D eigenvalue weighted by Crippen LogP contribution is 2.35. The van der Waals surface area contributed by atoms with Gasteiger partial charge in [0.2, 0.25) is 0 Å². The molecule has 3 aromatic rings. The average Bonchev–Trinajstić information content (AvgIpc) is 3.14. The Morgan fingerprint density at radius 3 is 2.37 bits per heavy atom. The van der Waals surface area contributed by atoms with E-state index in [1.54, 1.807) is 30.3 Å². The van der Waals surface area contributed by atoms with Gasteiger partial charge < -0.3 is 0 Å². The van der Waals surface area contributed by atoms with E-state index in [0.29, 0.717) is 22.0 Å². The van der Waals surface area contributed by atoms with Gasteiger partial charge in [-0.05, 0) is 39.7 Å². The molecule has 0 radical (unpaired) electrons. The molecule has 5 heteroatoms. The van der Waals surface area contributed by atoms with Gasteiger partial charge in [0.25, 0.3) is 5.91 Å². The Hall–Kier alpha value is -2.79. The summed E-state index contributed by atoms with van der Waals surface area (Å²) in [4.78, 5) is 13.2. The minimum absolute atomic E-state index is 0.262. The third-order valence-corrected chi connectivity index (χ3v) is 5.29. The molecule has 4 rings (SSSR count). The van der Waals surface area contributed by atoms with E-state index >= 15 is 0 Å². The van der Waals surface area contributed by atoms with Gasteiger partial charge >= 0.3 is 0 Å². The molecule has 1 aliphatic heterocycles. The van der Waals surface area contributed by atoms with Crippen LogP contribution in [0.5, 0.6) is 0 Å². The second kappa shape index (κ2) is 7.45. The zero-order valence-corrected chi connectivity index (χ0v) is 15.9. The Balaban J connectivity index is 1.78. The van der Waals surface area contributed by atoms with E-state index in [-0.39, 0.29) is 11.7 Å². The summed E-state index contributed by atoms with van der Waals surface area (Å²) in [6.07, 6.45) is 0.459. The van der Waals surface area contributed by atoms with Crippen molar-refractivity contribution >= 4 is 27.5 Å². The lowest BCUT2D eigenvalue weighted by molar-refractivity contribution is 0.0708. The summed E-state index contributed by atoms with van der Waals surface area (Å²) in [6.45, 7) is 0. The van der Waals surface area contributed by atoms with E-state index < -0.39 is 6.04 Å². The summed E-state index contributed by atoms with van der Waals surface area (Å²) >= 11 is 3.42.